The predicted molar refractivity (Wildman–Crippen MR) is 88.4 cm³/mol. The number of para-hydroxylation sites is 2. The van der Waals surface area contributed by atoms with E-state index in [1.165, 1.54) is 18.2 Å². The van der Waals surface area contributed by atoms with Crippen molar-refractivity contribution in [3.63, 3.8) is 0 Å². The highest BCUT2D eigenvalue weighted by Gasteiger charge is 2.18. The van der Waals surface area contributed by atoms with Gasteiger partial charge in [0.1, 0.15) is 11.6 Å². The van der Waals surface area contributed by atoms with Crippen molar-refractivity contribution in [1.29, 1.82) is 0 Å². The Morgan fingerprint density at radius 2 is 2.04 bits per heavy atom. The van der Waals surface area contributed by atoms with Crippen molar-refractivity contribution in [1.82, 2.24) is 9.55 Å². The van der Waals surface area contributed by atoms with Gasteiger partial charge in [-0.15, -0.1) is 0 Å². The van der Waals surface area contributed by atoms with Gasteiger partial charge in [0.05, 0.1) is 21.5 Å². The molecule has 1 N–H and O–H groups in total. The molecule has 0 atom stereocenters. The van der Waals surface area contributed by atoms with Crippen molar-refractivity contribution in [2.45, 2.75) is 26.3 Å². The number of hydrogen-bond donors (Lipinski definition) is 1. The molecule has 0 fully saturated rings. The molecule has 0 bridgehead atoms. The summed E-state index contributed by atoms with van der Waals surface area (Å²) in [7, 11) is 0. The van der Waals surface area contributed by atoms with Crippen LogP contribution in [0.4, 0.5) is 5.69 Å². The molecule has 0 aliphatic rings. The van der Waals surface area contributed by atoms with Gasteiger partial charge < -0.3 is 9.67 Å². The topological polar surface area (TPSA) is 81.2 Å². The van der Waals surface area contributed by atoms with Gasteiger partial charge in [-0.3, -0.25) is 10.1 Å². The number of nitro benzene ring substituents is 1. The third kappa shape index (κ3) is 2.75. The summed E-state index contributed by atoms with van der Waals surface area (Å²) < 4.78 is 2.01. The predicted octanol–water partition coefficient (Wildman–Crippen LogP) is 4.12. The fourth-order valence-corrected chi connectivity index (χ4v) is 2.64. The van der Waals surface area contributed by atoms with Crippen LogP contribution in [0.5, 0.6) is 5.75 Å². The van der Waals surface area contributed by atoms with Crippen LogP contribution >= 0.6 is 0 Å². The first-order valence-electron chi connectivity index (χ1n) is 7.55. The van der Waals surface area contributed by atoms with Crippen molar-refractivity contribution in [3.05, 3.63) is 52.6 Å². The van der Waals surface area contributed by atoms with Crippen molar-refractivity contribution < 1.29 is 10.0 Å². The summed E-state index contributed by atoms with van der Waals surface area (Å²) in [5, 5.41) is 21.2. The molecule has 23 heavy (non-hydrogen) atoms. The summed E-state index contributed by atoms with van der Waals surface area (Å²) in [5.74, 6) is 0.546. The van der Waals surface area contributed by atoms with Crippen LogP contribution < -0.4 is 0 Å². The van der Waals surface area contributed by atoms with Crippen molar-refractivity contribution in [2.24, 2.45) is 0 Å². The number of rotatable bonds is 5. The first-order valence-corrected chi connectivity index (χ1v) is 7.55. The molecule has 2 aromatic carbocycles. The number of phenolic OH excluding ortho intramolecular Hbond substituents is 1. The average molecular weight is 311 g/mol. The number of benzene rings is 2. The summed E-state index contributed by atoms with van der Waals surface area (Å²) >= 11 is 0. The van der Waals surface area contributed by atoms with E-state index in [-0.39, 0.29) is 11.4 Å². The molecular weight excluding hydrogens is 294 g/mol. The molecule has 0 aliphatic heterocycles. The van der Waals surface area contributed by atoms with Crippen molar-refractivity contribution in [2.75, 3.05) is 0 Å². The maximum Gasteiger partial charge on any atom is 0.270 e. The smallest absolute Gasteiger partial charge is 0.270 e. The van der Waals surface area contributed by atoms with Crippen LogP contribution in [-0.4, -0.2) is 19.6 Å². The molecule has 118 valence electrons. The summed E-state index contributed by atoms with van der Waals surface area (Å²) in [4.78, 5) is 15.1. The van der Waals surface area contributed by atoms with Crippen LogP contribution in [0.1, 0.15) is 19.8 Å². The Labute approximate surface area is 133 Å². The second-order valence-corrected chi connectivity index (χ2v) is 5.39. The van der Waals surface area contributed by atoms with Gasteiger partial charge in [0.15, 0.2) is 0 Å². The molecule has 0 saturated heterocycles. The van der Waals surface area contributed by atoms with Gasteiger partial charge in [0.2, 0.25) is 0 Å². The minimum absolute atomic E-state index is 0.0105. The number of phenols is 1. The Balaban J connectivity index is 2.22. The molecule has 0 radical (unpaired) electrons. The third-order valence-electron chi connectivity index (χ3n) is 3.82. The van der Waals surface area contributed by atoms with E-state index in [1.807, 2.05) is 28.8 Å². The number of hydrogen-bond acceptors (Lipinski definition) is 4. The maximum atomic E-state index is 11.0. The zero-order valence-electron chi connectivity index (χ0n) is 12.8. The molecule has 1 heterocycles. The fourth-order valence-electron chi connectivity index (χ4n) is 2.64. The number of nitrogens with zero attached hydrogens (tertiary/aromatic N) is 3. The van der Waals surface area contributed by atoms with E-state index in [0.717, 1.165) is 30.4 Å². The second-order valence-electron chi connectivity index (χ2n) is 5.39. The van der Waals surface area contributed by atoms with E-state index >= 15 is 0 Å². The highest BCUT2D eigenvalue weighted by Crippen LogP contribution is 2.34. The van der Waals surface area contributed by atoms with E-state index in [1.54, 1.807) is 0 Å². The minimum Gasteiger partial charge on any atom is -0.507 e. The quantitative estimate of drug-likeness (QED) is 0.567. The lowest BCUT2D eigenvalue weighted by atomic mass is 10.1. The molecule has 6 heteroatoms. The van der Waals surface area contributed by atoms with Gasteiger partial charge in [-0.05, 0) is 24.6 Å². The lowest BCUT2D eigenvalue weighted by Gasteiger charge is -2.09. The number of aryl methyl sites for hydroxylation is 1. The molecule has 0 unspecified atom stereocenters. The largest absolute Gasteiger partial charge is 0.507 e. The van der Waals surface area contributed by atoms with Gasteiger partial charge in [-0.1, -0.05) is 25.5 Å². The molecule has 0 aliphatic carbocycles. The van der Waals surface area contributed by atoms with Crippen LogP contribution in [0.3, 0.4) is 0 Å². The number of fused-ring (bicyclic) bond motifs is 1. The molecule has 3 rings (SSSR count). The Hall–Kier alpha value is -2.89. The molecule has 0 spiro atoms. The van der Waals surface area contributed by atoms with Gasteiger partial charge in [-0.25, -0.2) is 4.98 Å². The lowest BCUT2D eigenvalue weighted by Crippen LogP contribution is -2.01. The normalized spacial score (nSPS) is 11.0. The average Bonchev–Trinajstić information content (AvgIpc) is 2.91. The number of nitro groups is 1. The summed E-state index contributed by atoms with van der Waals surface area (Å²) in [6.07, 6.45) is 1.98. The first-order chi connectivity index (χ1) is 11.1. The van der Waals surface area contributed by atoms with Crippen molar-refractivity contribution >= 4 is 16.7 Å². The SMILES string of the molecule is CCCCn1c(-c2cc([N+](=O)[O-])ccc2O)nc2ccccc21. The Morgan fingerprint density at radius 1 is 1.26 bits per heavy atom. The molecule has 3 aromatic rings. The summed E-state index contributed by atoms with van der Waals surface area (Å²) in [6, 6.07) is 11.7. The Kier molecular flexibility index (Phi) is 3.97. The molecule has 0 amide bonds. The lowest BCUT2D eigenvalue weighted by molar-refractivity contribution is -0.384. The van der Waals surface area contributed by atoms with E-state index in [9.17, 15) is 15.2 Å². The highest BCUT2D eigenvalue weighted by molar-refractivity contribution is 5.82. The molecule has 6 nitrogen and oxygen atoms in total. The number of non-ortho nitro benzene ring substituents is 1. The zero-order valence-corrected chi connectivity index (χ0v) is 12.8. The summed E-state index contributed by atoms with van der Waals surface area (Å²) in [6.45, 7) is 2.85. The van der Waals surface area contributed by atoms with Crippen LogP contribution in [-0.2, 0) is 6.54 Å². The Morgan fingerprint density at radius 3 is 2.78 bits per heavy atom. The maximum absolute atomic E-state index is 11.0. The van der Waals surface area contributed by atoms with Gasteiger partial charge in [0.25, 0.3) is 5.69 Å². The van der Waals surface area contributed by atoms with Gasteiger partial charge >= 0.3 is 0 Å². The number of imidazole rings is 1. The third-order valence-corrected chi connectivity index (χ3v) is 3.82. The minimum atomic E-state index is -0.470. The highest BCUT2D eigenvalue weighted by atomic mass is 16.6. The van der Waals surface area contributed by atoms with Crippen LogP contribution in [0, 0.1) is 10.1 Å². The Bertz CT molecular complexity index is 871. The monoisotopic (exact) mass is 311 g/mol. The fraction of sp³-hybridized carbons (Fsp3) is 0.235. The standard InChI is InChI=1S/C17H17N3O3/c1-2-3-10-19-15-7-5-4-6-14(15)18-17(19)13-11-12(20(22)23)8-9-16(13)21/h4-9,11,21H,2-3,10H2,1H3. The van der Waals surface area contributed by atoms with Crippen molar-refractivity contribution in [3.8, 4) is 17.1 Å². The van der Waals surface area contributed by atoms with Crippen LogP contribution in [0.15, 0.2) is 42.5 Å². The summed E-state index contributed by atoms with van der Waals surface area (Å²) in [5.41, 5.74) is 2.09. The zero-order chi connectivity index (χ0) is 16.4. The van der Waals surface area contributed by atoms with Crippen LogP contribution in [0.2, 0.25) is 0 Å². The molecular formula is C17H17N3O3. The number of unbranched alkanes of at least 4 members (excludes halogenated alkanes) is 1. The number of aromatic nitrogens is 2. The van der Waals surface area contributed by atoms with E-state index in [2.05, 4.69) is 11.9 Å². The second kappa shape index (κ2) is 6.08. The van der Waals surface area contributed by atoms with E-state index in [4.69, 9.17) is 0 Å². The van der Waals surface area contributed by atoms with E-state index in [0.29, 0.717) is 11.4 Å². The first kappa shape index (κ1) is 15.0. The molecule has 0 saturated carbocycles. The van der Waals surface area contributed by atoms with Crippen LogP contribution in [0.25, 0.3) is 22.4 Å². The van der Waals surface area contributed by atoms with Gasteiger partial charge in [0, 0.05) is 18.7 Å². The van der Waals surface area contributed by atoms with E-state index < -0.39 is 4.92 Å². The number of aromatic hydroxyl groups is 1. The van der Waals surface area contributed by atoms with Gasteiger partial charge in [-0.2, -0.15) is 0 Å². The molecule has 1 aromatic heterocycles.